The van der Waals surface area contributed by atoms with Crippen LogP contribution in [0, 0.1) is 17.8 Å². The van der Waals surface area contributed by atoms with Crippen LogP contribution in [0.15, 0.2) is 12.2 Å². The Kier molecular flexibility index (Phi) is 2.23. The summed E-state index contributed by atoms with van der Waals surface area (Å²) in [7, 11) is 2.07. The predicted octanol–water partition coefficient (Wildman–Crippen LogP) is 2.59. The normalized spacial score (nSPS) is 37.3. The first-order valence-electron chi connectivity index (χ1n) is 5.48. The molecule has 2 rings (SSSR count). The summed E-state index contributed by atoms with van der Waals surface area (Å²) in [6, 6.07) is 0. The lowest BCUT2D eigenvalue weighted by Gasteiger charge is -2.30. The van der Waals surface area contributed by atoms with Crippen molar-refractivity contribution < 1.29 is 0 Å². The van der Waals surface area contributed by atoms with E-state index in [1.165, 1.54) is 19.3 Å². The molecule has 0 heterocycles. The largest absolute Gasteiger partial charge is 0.315 e. The van der Waals surface area contributed by atoms with Crippen molar-refractivity contribution in [1.29, 1.82) is 0 Å². The Bertz CT molecular complexity index is 217. The van der Waals surface area contributed by atoms with Gasteiger partial charge in [0, 0.05) is 5.54 Å². The van der Waals surface area contributed by atoms with Gasteiger partial charge in [-0.1, -0.05) is 12.2 Å². The maximum Gasteiger partial charge on any atom is 0.0125 e. The van der Waals surface area contributed by atoms with Crippen LogP contribution in [-0.2, 0) is 0 Å². The minimum Gasteiger partial charge on any atom is -0.315 e. The van der Waals surface area contributed by atoms with Crippen molar-refractivity contribution in [2.24, 2.45) is 17.8 Å². The van der Waals surface area contributed by atoms with Crippen LogP contribution in [-0.4, -0.2) is 12.6 Å². The third kappa shape index (κ3) is 1.80. The van der Waals surface area contributed by atoms with E-state index in [1.54, 1.807) is 0 Å². The number of allylic oxidation sites excluding steroid dienone is 2. The van der Waals surface area contributed by atoms with E-state index < -0.39 is 0 Å². The molecule has 3 unspecified atom stereocenters. The summed E-state index contributed by atoms with van der Waals surface area (Å²) < 4.78 is 0. The average molecular weight is 179 g/mol. The minimum atomic E-state index is 0.322. The standard InChI is InChI=1S/C12H21N/c1-12(2,13-3)8-11-7-9-4-5-10(11)6-9/h4-5,9-11,13H,6-8H2,1-3H3. The molecule has 0 aromatic carbocycles. The minimum absolute atomic E-state index is 0.322. The van der Waals surface area contributed by atoms with Crippen molar-refractivity contribution in [3.63, 3.8) is 0 Å². The quantitative estimate of drug-likeness (QED) is 0.657. The Morgan fingerprint density at radius 1 is 1.31 bits per heavy atom. The molecule has 2 aliphatic rings. The lowest BCUT2D eigenvalue weighted by atomic mass is 9.83. The highest BCUT2D eigenvalue weighted by atomic mass is 14.9. The third-order valence-corrected chi connectivity index (χ3v) is 3.87. The lowest BCUT2D eigenvalue weighted by molar-refractivity contribution is 0.285. The number of fused-ring (bicyclic) bond motifs is 2. The first kappa shape index (κ1) is 9.26. The van der Waals surface area contributed by atoms with Crippen molar-refractivity contribution in [2.45, 2.75) is 38.6 Å². The molecule has 2 bridgehead atoms. The van der Waals surface area contributed by atoms with Gasteiger partial charge in [-0.15, -0.1) is 0 Å². The zero-order chi connectivity index (χ0) is 9.47. The van der Waals surface area contributed by atoms with Gasteiger partial charge in [0.05, 0.1) is 0 Å². The number of hydrogen-bond acceptors (Lipinski definition) is 1. The topological polar surface area (TPSA) is 12.0 Å². The molecule has 13 heavy (non-hydrogen) atoms. The van der Waals surface area contributed by atoms with Crippen LogP contribution in [0.2, 0.25) is 0 Å². The number of rotatable bonds is 3. The molecule has 1 saturated carbocycles. The molecule has 0 amide bonds. The SMILES string of the molecule is CNC(C)(C)CC1CC2C=CC1C2. The van der Waals surface area contributed by atoms with Crippen LogP contribution in [0.1, 0.15) is 33.1 Å². The molecule has 2 aliphatic carbocycles. The van der Waals surface area contributed by atoms with E-state index in [-0.39, 0.29) is 0 Å². The van der Waals surface area contributed by atoms with Crippen molar-refractivity contribution in [3.8, 4) is 0 Å². The summed E-state index contributed by atoms with van der Waals surface area (Å²) >= 11 is 0. The van der Waals surface area contributed by atoms with Crippen molar-refractivity contribution in [1.82, 2.24) is 5.32 Å². The lowest BCUT2D eigenvalue weighted by Crippen LogP contribution is -2.38. The van der Waals surface area contributed by atoms with Crippen molar-refractivity contribution in [3.05, 3.63) is 12.2 Å². The second-order valence-electron chi connectivity index (χ2n) is 5.38. The summed E-state index contributed by atoms with van der Waals surface area (Å²) in [5.41, 5.74) is 0.322. The molecule has 0 spiro atoms. The van der Waals surface area contributed by atoms with Gasteiger partial charge in [-0.3, -0.25) is 0 Å². The second kappa shape index (κ2) is 3.13. The summed E-state index contributed by atoms with van der Waals surface area (Å²) in [5, 5.41) is 3.40. The maximum atomic E-state index is 3.40. The number of nitrogens with one attached hydrogen (secondary N) is 1. The van der Waals surface area contributed by atoms with Crippen LogP contribution in [0.3, 0.4) is 0 Å². The van der Waals surface area contributed by atoms with Crippen LogP contribution in [0.5, 0.6) is 0 Å². The Hall–Kier alpha value is -0.300. The van der Waals surface area contributed by atoms with E-state index in [2.05, 4.69) is 38.4 Å². The summed E-state index contributed by atoms with van der Waals surface area (Å²) in [4.78, 5) is 0. The fourth-order valence-electron chi connectivity index (χ4n) is 2.89. The molecule has 1 fully saturated rings. The van der Waals surface area contributed by atoms with Gasteiger partial charge in [-0.05, 0) is 57.9 Å². The molecule has 1 nitrogen and oxygen atoms in total. The first-order valence-corrected chi connectivity index (χ1v) is 5.48. The zero-order valence-corrected chi connectivity index (χ0v) is 9.01. The van der Waals surface area contributed by atoms with Gasteiger partial charge >= 0.3 is 0 Å². The van der Waals surface area contributed by atoms with Gasteiger partial charge in [0.15, 0.2) is 0 Å². The molecule has 0 aromatic rings. The highest BCUT2D eigenvalue weighted by Gasteiger charge is 2.37. The van der Waals surface area contributed by atoms with Crippen molar-refractivity contribution >= 4 is 0 Å². The molecular formula is C12H21N. The molecule has 74 valence electrons. The predicted molar refractivity (Wildman–Crippen MR) is 56.6 cm³/mol. The van der Waals surface area contributed by atoms with Crippen LogP contribution >= 0.6 is 0 Å². The third-order valence-electron chi connectivity index (χ3n) is 3.87. The van der Waals surface area contributed by atoms with Gasteiger partial charge in [-0.2, -0.15) is 0 Å². The van der Waals surface area contributed by atoms with Crippen LogP contribution in [0.25, 0.3) is 0 Å². The van der Waals surface area contributed by atoms with Crippen LogP contribution < -0.4 is 5.32 Å². The Labute approximate surface area is 81.6 Å². The maximum absolute atomic E-state index is 3.40. The van der Waals surface area contributed by atoms with Gasteiger partial charge in [0.25, 0.3) is 0 Å². The Morgan fingerprint density at radius 2 is 2.08 bits per heavy atom. The van der Waals surface area contributed by atoms with E-state index in [9.17, 15) is 0 Å². The highest BCUT2D eigenvalue weighted by molar-refractivity contribution is 5.10. The van der Waals surface area contributed by atoms with E-state index >= 15 is 0 Å². The molecule has 1 N–H and O–H groups in total. The van der Waals surface area contributed by atoms with E-state index in [4.69, 9.17) is 0 Å². The Morgan fingerprint density at radius 3 is 2.54 bits per heavy atom. The number of hydrogen-bond donors (Lipinski definition) is 1. The van der Waals surface area contributed by atoms with Crippen molar-refractivity contribution in [2.75, 3.05) is 7.05 Å². The molecule has 0 aliphatic heterocycles. The Balaban J connectivity index is 1.94. The first-order chi connectivity index (χ1) is 6.11. The van der Waals surface area contributed by atoms with Crippen LogP contribution in [0.4, 0.5) is 0 Å². The second-order valence-corrected chi connectivity index (χ2v) is 5.38. The zero-order valence-electron chi connectivity index (χ0n) is 9.01. The van der Waals surface area contributed by atoms with Gasteiger partial charge in [0.2, 0.25) is 0 Å². The van der Waals surface area contributed by atoms with Gasteiger partial charge < -0.3 is 5.32 Å². The molecule has 3 atom stereocenters. The molecule has 1 heteroatoms. The summed E-state index contributed by atoms with van der Waals surface area (Å²) in [6.07, 6.45) is 9.07. The molecule has 0 radical (unpaired) electrons. The fourth-order valence-corrected chi connectivity index (χ4v) is 2.89. The average Bonchev–Trinajstić information content (AvgIpc) is 2.64. The van der Waals surface area contributed by atoms with E-state index in [0.717, 1.165) is 17.8 Å². The van der Waals surface area contributed by atoms with Gasteiger partial charge in [-0.25, -0.2) is 0 Å². The summed E-state index contributed by atoms with van der Waals surface area (Å²) in [6.45, 7) is 4.62. The molecular weight excluding hydrogens is 158 g/mol. The molecule has 0 aromatic heterocycles. The smallest absolute Gasteiger partial charge is 0.0125 e. The van der Waals surface area contributed by atoms with E-state index in [1.807, 2.05) is 0 Å². The molecule has 0 saturated heterocycles. The summed E-state index contributed by atoms with van der Waals surface area (Å²) in [5.74, 6) is 2.76. The monoisotopic (exact) mass is 179 g/mol. The fraction of sp³-hybridized carbons (Fsp3) is 0.833. The van der Waals surface area contributed by atoms with E-state index in [0.29, 0.717) is 5.54 Å². The van der Waals surface area contributed by atoms with Gasteiger partial charge in [0.1, 0.15) is 0 Å². The highest BCUT2D eigenvalue weighted by Crippen LogP contribution is 2.46.